The average Bonchev–Trinajstić information content (AvgIpc) is 3.49. The molecule has 3 aliphatic rings. The number of nitrogens with zero attached hydrogens (tertiary/aromatic N) is 6. The fourth-order valence-corrected chi connectivity index (χ4v) is 7.32. The van der Waals surface area contributed by atoms with Crippen molar-refractivity contribution in [2.45, 2.75) is 42.8 Å². The van der Waals surface area contributed by atoms with Gasteiger partial charge in [-0.25, -0.2) is 26.9 Å². The van der Waals surface area contributed by atoms with Crippen LogP contribution in [0.1, 0.15) is 25.3 Å². The van der Waals surface area contributed by atoms with Crippen molar-refractivity contribution >= 4 is 32.7 Å². The van der Waals surface area contributed by atoms with Crippen LogP contribution in [0.4, 0.5) is 14.5 Å². The first-order chi connectivity index (χ1) is 17.6. The summed E-state index contributed by atoms with van der Waals surface area (Å²) < 4.78 is 68.7. The molecular weight excluding hydrogens is 528 g/mol. The maximum Gasteiger partial charge on any atom is 0.291 e. The first-order valence-electron chi connectivity index (χ1n) is 12.0. The van der Waals surface area contributed by atoms with E-state index in [4.69, 9.17) is 9.47 Å². The predicted octanol–water partition coefficient (Wildman–Crippen LogP) is 1.77. The van der Waals surface area contributed by atoms with Crippen LogP contribution in [-0.4, -0.2) is 96.6 Å². The number of halogens is 2. The lowest BCUT2D eigenvalue weighted by Crippen LogP contribution is -2.62. The third kappa shape index (κ3) is 4.51. The molecule has 3 aromatic heterocycles. The number of nitrogens with one attached hydrogen (secondary N) is 1. The van der Waals surface area contributed by atoms with Crippen molar-refractivity contribution in [3.05, 3.63) is 23.5 Å². The molecule has 11 nitrogen and oxygen atoms in total. The minimum absolute atomic E-state index is 0.0379. The molecule has 0 bridgehead atoms. The summed E-state index contributed by atoms with van der Waals surface area (Å²) in [6, 6.07) is 2.01. The van der Waals surface area contributed by atoms with Gasteiger partial charge in [0.1, 0.15) is 10.6 Å². The SMILES string of the molecule is C[C@H]1CN(c2cc(S(=O)(=O)NC3(C)COC3)cn3c(-c4nnc(C(F)F)s4)cnc23)C[C@@H]2COCCN21. The fraction of sp³-hybridized carbons (Fsp3) is 0.591. The number of imidazole rings is 1. The number of anilines is 1. The second-order valence-electron chi connectivity index (χ2n) is 10.0. The molecule has 2 atom stereocenters. The highest BCUT2D eigenvalue weighted by molar-refractivity contribution is 7.89. The number of hydrogen-bond acceptors (Lipinski definition) is 10. The molecule has 37 heavy (non-hydrogen) atoms. The van der Waals surface area contributed by atoms with E-state index in [1.165, 1.54) is 12.4 Å². The number of hydrogen-bond donors (Lipinski definition) is 1. The minimum atomic E-state index is -3.95. The van der Waals surface area contributed by atoms with Gasteiger partial charge in [-0.3, -0.25) is 9.30 Å². The Morgan fingerprint density at radius 1 is 1.24 bits per heavy atom. The Hall–Kier alpha value is -2.30. The molecule has 3 aliphatic heterocycles. The highest BCUT2D eigenvalue weighted by Gasteiger charge is 2.39. The number of pyridine rings is 1. The van der Waals surface area contributed by atoms with Crippen molar-refractivity contribution in [1.29, 1.82) is 0 Å². The average molecular weight is 556 g/mol. The third-order valence-corrected chi connectivity index (χ3v) is 9.59. The molecule has 0 radical (unpaired) electrons. The van der Waals surface area contributed by atoms with Crippen LogP contribution < -0.4 is 9.62 Å². The lowest BCUT2D eigenvalue weighted by atomic mass is 10.0. The molecule has 0 saturated carbocycles. The molecule has 200 valence electrons. The van der Waals surface area contributed by atoms with E-state index in [0.29, 0.717) is 43.3 Å². The first-order valence-corrected chi connectivity index (χ1v) is 14.3. The maximum atomic E-state index is 13.5. The van der Waals surface area contributed by atoms with E-state index in [2.05, 4.69) is 36.6 Å². The number of aromatic nitrogens is 4. The summed E-state index contributed by atoms with van der Waals surface area (Å²) in [5.41, 5.74) is 0.846. The zero-order valence-electron chi connectivity index (χ0n) is 20.3. The monoisotopic (exact) mass is 555 g/mol. The van der Waals surface area contributed by atoms with Crippen molar-refractivity contribution in [3.8, 4) is 10.7 Å². The molecule has 3 fully saturated rings. The van der Waals surface area contributed by atoms with E-state index in [0.717, 1.165) is 17.9 Å². The van der Waals surface area contributed by atoms with Crippen LogP contribution in [-0.2, 0) is 19.5 Å². The summed E-state index contributed by atoms with van der Waals surface area (Å²) in [7, 11) is -3.95. The largest absolute Gasteiger partial charge is 0.378 e. The van der Waals surface area contributed by atoms with E-state index < -0.39 is 27.0 Å². The zero-order chi connectivity index (χ0) is 25.9. The maximum absolute atomic E-state index is 13.5. The number of piperazine rings is 1. The molecule has 15 heteroatoms. The molecule has 0 aromatic carbocycles. The third-order valence-electron chi connectivity index (χ3n) is 7.04. The van der Waals surface area contributed by atoms with Crippen LogP contribution >= 0.6 is 11.3 Å². The Kier molecular flexibility index (Phi) is 6.19. The van der Waals surface area contributed by atoms with E-state index in [-0.39, 0.29) is 35.2 Å². The molecule has 0 spiro atoms. The standard InChI is InChI=1S/C22H27F2N7O4S2/c1-13-7-29(8-14-10-34-4-3-30(13)14)16-5-15(37(32,33)28-22(2)11-35-12-22)9-31-17(6-25-19(16)31)20-26-27-21(36-20)18(23)24/h5-6,9,13-14,18,28H,3-4,7-8,10-12H2,1-2H3/t13-,14+/m0/s1. The van der Waals surface area contributed by atoms with Crippen LogP contribution in [0.2, 0.25) is 0 Å². The molecule has 0 unspecified atom stereocenters. The summed E-state index contributed by atoms with van der Waals surface area (Å²) in [5.74, 6) is 0. The van der Waals surface area contributed by atoms with Gasteiger partial charge in [0.2, 0.25) is 10.0 Å². The van der Waals surface area contributed by atoms with E-state index >= 15 is 0 Å². The van der Waals surface area contributed by atoms with Crippen LogP contribution in [0.3, 0.4) is 0 Å². The number of ether oxygens (including phenoxy) is 2. The van der Waals surface area contributed by atoms with Crippen molar-refractivity contribution in [2.75, 3.05) is 51.0 Å². The summed E-state index contributed by atoms with van der Waals surface area (Å²) in [6.07, 6.45) is 0.226. The lowest BCUT2D eigenvalue weighted by Gasteiger charge is -2.48. The van der Waals surface area contributed by atoms with Crippen LogP contribution in [0, 0.1) is 0 Å². The van der Waals surface area contributed by atoms with E-state index in [9.17, 15) is 17.2 Å². The fourth-order valence-electron chi connectivity index (χ4n) is 5.21. The summed E-state index contributed by atoms with van der Waals surface area (Å²) in [5, 5.41) is 7.33. The summed E-state index contributed by atoms with van der Waals surface area (Å²) in [6.45, 7) is 7.93. The minimum Gasteiger partial charge on any atom is -0.378 e. The molecular formula is C22H27F2N7O4S2. The van der Waals surface area contributed by atoms with Crippen LogP contribution in [0.15, 0.2) is 23.4 Å². The number of fused-ring (bicyclic) bond motifs is 2. The zero-order valence-corrected chi connectivity index (χ0v) is 21.9. The van der Waals surface area contributed by atoms with Gasteiger partial charge in [0.25, 0.3) is 6.43 Å². The van der Waals surface area contributed by atoms with Gasteiger partial charge in [-0.1, -0.05) is 11.3 Å². The molecule has 3 saturated heterocycles. The number of morpholine rings is 1. The molecule has 0 aliphatic carbocycles. The van der Waals surface area contributed by atoms with Crippen LogP contribution in [0.25, 0.3) is 16.3 Å². The van der Waals surface area contributed by atoms with Gasteiger partial charge in [0.05, 0.1) is 49.9 Å². The second kappa shape index (κ2) is 9.17. The van der Waals surface area contributed by atoms with Gasteiger partial charge in [-0.05, 0) is 19.9 Å². The van der Waals surface area contributed by atoms with Gasteiger partial charge < -0.3 is 14.4 Å². The van der Waals surface area contributed by atoms with Gasteiger partial charge in [0, 0.05) is 31.9 Å². The first kappa shape index (κ1) is 25.0. The van der Waals surface area contributed by atoms with Crippen molar-refractivity contribution in [1.82, 2.24) is 29.2 Å². The summed E-state index contributed by atoms with van der Waals surface area (Å²) in [4.78, 5) is 9.16. The Morgan fingerprint density at radius 2 is 2.05 bits per heavy atom. The molecule has 6 rings (SSSR count). The number of alkyl halides is 2. The van der Waals surface area contributed by atoms with Crippen molar-refractivity contribution in [3.63, 3.8) is 0 Å². The Labute approximate surface area is 216 Å². The lowest BCUT2D eigenvalue weighted by molar-refractivity contribution is -0.0523. The Bertz CT molecular complexity index is 1430. The van der Waals surface area contributed by atoms with Gasteiger partial charge in [0.15, 0.2) is 15.7 Å². The molecule has 6 heterocycles. The number of rotatable bonds is 6. The van der Waals surface area contributed by atoms with Crippen LogP contribution in [0.5, 0.6) is 0 Å². The van der Waals surface area contributed by atoms with Gasteiger partial charge >= 0.3 is 0 Å². The second-order valence-corrected chi connectivity index (χ2v) is 12.7. The van der Waals surface area contributed by atoms with Gasteiger partial charge in [-0.2, -0.15) is 0 Å². The highest BCUT2D eigenvalue weighted by Crippen LogP contribution is 2.35. The Balaban J connectivity index is 1.46. The number of sulfonamides is 1. The normalized spacial score (nSPS) is 24.4. The molecule has 1 N–H and O–H groups in total. The molecule has 3 aromatic rings. The highest BCUT2D eigenvalue weighted by atomic mass is 32.2. The quantitative estimate of drug-likeness (QED) is 0.486. The van der Waals surface area contributed by atoms with Gasteiger partial charge in [-0.15, -0.1) is 10.2 Å². The topological polar surface area (TPSA) is 114 Å². The predicted molar refractivity (Wildman–Crippen MR) is 132 cm³/mol. The summed E-state index contributed by atoms with van der Waals surface area (Å²) >= 11 is 0.755. The van der Waals surface area contributed by atoms with E-state index in [1.807, 2.05) is 0 Å². The van der Waals surface area contributed by atoms with Crippen molar-refractivity contribution < 1.29 is 26.7 Å². The van der Waals surface area contributed by atoms with Crippen molar-refractivity contribution in [2.24, 2.45) is 0 Å². The van der Waals surface area contributed by atoms with E-state index in [1.54, 1.807) is 17.4 Å². The smallest absolute Gasteiger partial charge is 0.291 e. The Morgan fingerprint density at radius 3 is 2.76 bits per heavy atom. The molecule has 0 amide bonds.